The van der Waals surface area contributed by atoms with E-state index < -0.39 is 0 Å². The van der Waals surface area contributed by atoms with Crippen LogP contribution in [0.2, 0.25) is 0 Å². The molecule has 108 valence electrons. The minimum absolute atomic E-state index is 0.270. The van der Waals surface area contributed by atoms with Gasteiger partial charge >= 0.3 is 0 Å². The van der Waals surface area contributed by atoms with Gasteiger partial charge in [0.2, 0.25) is 0 Å². The fourth-order valence-corrected chi connectivity index (χ4v) is 3.64. The molecular formula is C16H10IN3OS. The first-order valence-corrected chi connectivity index (χ1v) is 8.50. The lowest BCUT2D eigenvalue weighted by atomic mass is 10.2. The Morgan fingerprint density at radius 2 is 1.86 bits per heavy atom. The number of phenolic OH excluding ortho intramolecular Hbond substituents is 1. The zero-order chi connectivity index (χ0) is 15.1. The average Bonchev–Trinajstić information content (AvgIpc) is 3.13. The molecule has 1 N–H and O–H groups in total. The monoisotopic (exact) mass is 419 g/mol. The minimum atomic E-state index is 0.270. The maximum absolute atomic E-state index is 9.54. The van der Waals surface area contributed by atoms with Crippen molar-refractivity contribution in [2.75, 3.05) is 0 Å². The van der Waals surface area contributed by atoms with Crippen LogP contribution in [0.5, 0.6) is 5.75 Å². The van der Waals surface area contributed by atoms with Gasteiger partial charge in [0, 0.05) is 11.8 Å². The summed E-state index contributed by atoms with van der Waals surface area (Å²) in [7, 11) is 0. The third-order valence-corrected chi connectivity index (χ3v) is 4.95. The summed E-state index contributed by atoms with van der Waals surface area (Å²) in [5.74, 6) is 0.270. The van der Waals surface area contributed by atoms with Crippen LogP contribution in [0.3, 0.4) is 0 Å². The molecule has 4 nitrogen and oxygen atoms in total. The highest BCUT2D eigenvalue weighted by Gasteiger charge is 2.07. The van der Waals surface area contributed by atoms with E-state index in [1.807, 2.05) is 47.3 Å². The molecule has 0 amide bonds. The maximum Gasteiger partial charge on any atom is 0.124 e. The average molecular weight is 419 g/mol. The normalized spacial score (nSPS) is 11.1. The fraction of sp³-hybridized carbons (Fsp3) is 0. The van der Waals surface area contributed by atoms with Gasteiger partial charge in [0.05, 0.1) is 15.9 Å². The number of halogens is 1. The van der Waals surface area contributed by atoms with Crippen molar-refractivity contribution in [2.24, 2.45) is 0 Å². The molecule has 4 rings (SSSR count). The van der Waals surface area contributed by atoms with Crippen molar-refractivity contribution in [1.82, 2.24) is 14.8 Å². The van der Waals surface area contributed by atoms with Crippen LogP contribution in [0.4, 0.5) is 0 Å². The molecule has 0 unspecified atom stereocenters. The molecule has 0 radical (unpaired) electrons. The maximum atomic E-state index is 9.54. The van der Waals surface area contributed by atoms with E-state index in [0.29, 0.717) is 0 Å². The smallest absolute Gasteiger partial charge is 0.124 e. The highest BCUT2D eigenvalue weighted by atomic mass is 127. The van der Waals surface area contributed by atoms with Gasteiger partial charge in [-0.25, -0.2) is 9.67 Å². The summed E-state index contributed by atoms with van der Waals surface area (Å²) in [6.45, 7) is 0. The van der Waals surface area contributed by atoms with E-state index in [4.69, 9.17) is 0 Å². The number of phenols is 1. The Morgan fingerprint density at radius 1 is 1.05 bits per heavy atom. The van der Waals surface area contributed by atoms with Crippen molar-refractivity contribution >= 4 is 44.1 Å². The zero-order valence-corrected chi connectivity index (χ0v) is 14.2. The Bertz CT molecular complexity index is 959. The standard InChI is InChI=1S/C16H10IN3OS/c17-15-7-8-20(19-15)11-3-1-10(2-4-11)16-18-13-6-5-12(21)9-14(13)22-16/h1-9,21H. The van der Waals surface area contributed by atoms with Crippen molar-refractivity contribution in [1.29, 1.82) is 0 Å². The molecule has 0 fully saturated rings. The molecule has 2 aromatic carbocycles. The van der Waals surface area contributed by atoms with Gasteiger partial charge in [-0.1, -0.05) is 0 Å². The quantitative estimate of drug-likeness (QED) is 0.489. The van der Waals surface area contributed by atoms with Gasteiger partial charge in [-0.15, -0.1) is 11.3 Å². The van der Waals surface area contributed by atoms with Crippen molar-refractivity contribution in [3.8, 4) is 22.0 Å². The summed E-state index contributed by atoms with van der Waals surface area (Å²) in [5.41, 5.74) is 2.99. The van der Waals surface area contributed by atoms with Crippen molar-refractivity contribution in [3.05, 3.63) is 58.4 Å². The molecule has 0 bridgehead atoms. The first-order valence-electron chi connectivity index (χ1n) is 6.60. The largest absolute Gasteiger partial charge is 0.508 e. The van der Waals surface area contributed by atoms with Crippen LogP contribution in [0.25, 0.3) is 26.5 Å². The number of nitrogens with zero attached hydrogens (tertiary/aromatic N) is 3. The highest BCUT2D eigenvalue weighted by Crippen LogP contribution is 2.32. The molecule has 0 atom stereocenters. The van der Waals surface area contributed by atoms with Gasteiger partial charge in [0.1, 0.15) is 14.5 Å². The van der Waals surface area contributed by atoms with E-state index in [-0.39, 0.29) is 5.75 Å². The minimum Gasteiger partial charge on any atom is -0.508 e. The SMILES string of the molecule is Oc1ccc2nc(-c3ccc(-n4ccc(I)n4)cc3)sc2c1. The van der Waals surface area contributed by atoms with Crippen LogP contribution in [0.1, 0.15) is 0 Å². The molecule has 0 aliphatic carbocycles. The predicted molar refractivity (Wildman–Crippen MR) is 96.6 cm³/mol. The first kappa shape index (κ1) is 13.7. The van der Waals surface area contributed by atoms with Gasteiger partial charge in [0.25, 0.3) is 0 Å². The van der Waals surface area contributed by atoms with Crippen LogP contribution < -0.4 is 0 Å². The molecule has 0 saturated carbocycles. The third kappa shape index (κ3) is 2.48. The van der Waals surface area contributed by atoms with Crippen molar-refractivity contribution in [3.63, 3.8) is 0 Å². The number of rotatable bonds is 2. The summed E-state index contributed by atoms with van der Waals surface area (Å²) in [6.07, 6.45) is 1.94. The van der Waals surface area contributed by atoms with Crippen LogP contribution in [-0.2, 0) is 0 Å². The topological polar surface area (TPSA) is 50.9 Å². The second-order valence-corrected chi connectivity index (χ2v) is 6.94. The lowest BCUT2D eigenvalue weighted by Gasteiger charge is -2.02. The van der Waals surface area contributed by atoms with Crippen LogP contribution in [-0.4, -0.2) is 19.9 Å². The van der Waals surface area contributed by atoms with Gasteiger partial charge in [-0.2, -0.15) is 5.10 Å². The second-order valence-electron chi connectivity index (χ2n) is 4.80. The Balaban J connectivity index is 1.72. The zero-order valence-electron chi connectivity index (χ0n) is 11.3. The number of aromatic hydroxyl groups is 1. The number of hydrogen-bond donors (Lipinski definition) is 1. The lowest BCUT2D eigenvalue weighted by Crippen LogP contribution is -1.94. The summed E-state index contributed by atoms with van der Waals surface area (Å²) in [6, 6.07) is 15.4. The van der Waals surface area contributed by atoms with E-state index in [1.165, 1.54) is 0 Å². The van der Waals surface area contributed by atoms with E-state index >= 15 is 0 Å². The molecule has 0 aliphatic heterocycles. The summed E-state index contributed by atoms with van der Waals surface area (Å²) in [4.78, 5) is 4.61. The van der Waals surface area contributed by atoms with Crippen molar-refractivity contribution < 1.29 is 5.11 Å². The molecule has 0 saturated heterocycles. The van der Waals surface area contributed by atoms with E-state index in [1.54, 1.807) is 23.5 Å². The molecule has 2 heterocycles. The fourth-order valence-electron chi connectivity index (χ4n) is 2.24. The summed E-state index contributed by atoms with van der Waals surface area (Å²) < 4.78 is 3.80. The van der Waals surface area contributed by atoms with Gasteiger partial charge in [-0.05, 0) is 71.1 Å². The molecular weight excluding hydrogens is 409 g/mol. The van der Waals surface area contributed by atoms with Gasteiger partial charge in [-0.3, -0.25) is 0 Å². The van der Waals surface area contributed by atoms with E-state index in [9.17, 15) is 5.11 Å². The van der Waals surface area contributed by atoms with Crippen molar-refractivity contribution in [2.45, 2.75) is 0 Å². The number of benzene rings is 2. The van der Waals surface area contributed by atoms with Crippen LogP contribution >= 0.6 is 33.9 Å². The number of aromatic nitrogens is 3. The molecule has 6 heteroatoms. The highest BCUT2D eigenvalue weighted by molar-refractivity contribution is 14.1. The molecule has 4 aromatic rings. The van der Waals surface area contributed by atoms with Crippen LogP contribution in [0, 0.1) is 3.70 Å². The number of thiazole rings is 1. The number of hydrogen-bond acceptors (Lipinski definition) is 4. The van der Waals surface area contributed by atoms with Crippen LogP contribution in [0.15, 0.2) is 54.7 Å². The Morgan fingerprint density at radius 3 is 2.59 bits per heavy atom. The Labute approximate surface area is 144 Å². The summed E-state index contributed by atoms with van der Waals surface area (Å²) >= 11 is 3.77. The molecule has 0 aliphatic rings. The van der Waals surface area contributed by atoms with Gasteiger partial charge in [0.15, 0.2) is 0 Å². The summed E-state index contributed by atoms with van der Waals surface area (Å²) in [5, 5.41) is 14.9. The molecule has 22 heavy (non-hydrogen) atoms. The molecule has 2 aromatic heterocycles. The van der Waals surface area contributed by atoms with E-state index in [0.717, 1.165) is 30.2 Å². The second kappa shape index (κ2) is 5.36. The Hall–Kier alpha value is -1.93. The first-order chi connectivity index (χ1) is 10.7. The van der Waals surface area contributed by atoms with E-state index in [2.05, 4.69) is 32.7 Å². The number of fused-ring (bicyclic) bond motifs is 1. The molecule has 0 spiro atoms. The lowest BCUT2D eigenvalue weighted by molar-refractivity contribution is 0.476. The third-order valence-electron chi connectivity index (χ3n) is 3.31. The Kier molecular flexibility index (Phi) is 3.34. The van der Waals surface area contributed by atoms with Gasteiger partial charge < -0.3 is 5.11 Å². The predicted octanol–water partition coefficient (Wildman–Crippen LogP) is 4.46.